The summed E-state index contributed by atoms with van der Waals surface area (Å²) < 4.78 is 40.7. The summed E-state index contributed by atoms with van der Waals surface area (Å²) in [6.45, 7) is 1.11. The van der Waals surface area contributed by atoms with Crippen LogP contribution in [0.4, 0.5) is 12.7 Å². The number of methoxy groups -OCH3 is 1. The van der Waals surface area contributed by atoms with E-state index in [1.165, 1.54) is 0 Å². The molecule has 1 atom stereocenters. The van der Waals surface area contributed by atoms with E-state index in [1.807, 2.05) is 0 Å². The molecule has 0 aliphatic carbocycles. The Morgan fingerprint density at radius 1 is 1.64 bits per heavy atom. The monoisotopic (exact) mass is 188 g/mol. The molecule has 1 unspecified atom stereocenters. The van der Waals surface area contributed by atoms with E-state index in [2.05, 4.69) is 4.74 Å². The number of alkyl halides is 2. The number of esters is 1. The molecule has 0 heterocycles. The van der Waals surface area contributed by atoms with Gasteiger partial charge in [-0.25, -0.2) is 4.79 Å². The maximum Gasteiger partial charge on any atom is 0.410 e. The second-order valence-corrected chi connectivity index (χ2v) is 3.08. The summed E-state index contributed by atoms with van der Waals surface area (Å²) in [7, 11) is -2.07. The molecular weight excluding hydrogens is 181 g/mol. The highest BCUT2D eigenvalue weighted by molar-refractivity contribution is 8.12. The number of carbonyl (C=O) groups is 1. The van der Waals surface area contributed by atoms with Gasteiger partial charge < -0.3 is 4.74 Å². The van der Waals surface area contributed by atoms with Gasteiger partial charge in [0.05, 0.1) is 18.0 Å². The van der Waals surface area contributed by atoms with Crippen molar-refractivity contribution < 1.29 is 22.2 Å². The van der Waals surface area contributed by atoms with E-state index < -0.39 is 22.1 Å². The van der Waals surface area contributed by atoms with Gasteiger partial charge in [0.15, 0.2) is 0 Å². The molecule has 6 heteroatoms. The predicted octanol–water partition coefficient (Wildman–Crippen LogP) is 1.73. The van der Waals surface area contributed by atoms with Gasteiger partial charge in [0.1, 0.15) is 0 Å². The fourth-order valence-electron chi connectivity index (χ4n) is 0.346. The molecule has 0 rings (SSSR count). The Hall–Kier alpha value is -0.520. The Bertz CT molecular complexity index is 190. The lowest BCUT2D eigenvalue weighted by atomic mass is 10.7. The Labute approximate surface area is 64.6 Å². The van der Waals surface area contributed by atoms with Gasteiger partial charge in [-0.3, -0.25) is 0 Å². The molecule has 11 heavy (non-hydrogen) atoms. The first-order chi connectivity index (χ1) is 4.96. The van der Waals surface area contributed by atoms with Crippen molar-refractivity contribution in [3.8, 4) is 0 Å². The van der Waals surface area contributed by atoms with Crippen molar-refractivity contribution in [2.75, 3.05) is 7.11 Å². The summed E-state index contributed by atoms with van der Waals surface area (Å²) in [5, 5.41) is -3.42. The molecule has 0 fully saturated rings. The number of rotatable bonds is 2. The molecule has 66 valence electrons. The summed E-state index contributed by atoms with van der Waals surface area (Å²) >= 11 is 0. The molecular formula is C5H7F3O2S. The lowest BCUT2D eigenvalue weighted by Crippen LogP contribution is -2.26. The number of halogens is 3. The maximum absolute atomic E-state index is 12.3. The first kappa shape index (κ1) is 10.5. The lowest BCUT2D eigenvalue weighted by molar-refractivity contribution is -0.157. The van der Waals surface area contributed by atoms with Crippen molar-refractivity contribution in [3.05, 3.63) is 0 Å². The molecule has 0 bridgehead atoms. The minimum absolute atomic E-state index is 0.622. The zero-order valence-corrected chi connectivity index (χ0v) is 6.75. The summed E-state index contributed by atoms with van der Waals surface area (Å²) in [6.07, 6.45) is 0. The fourth-order valence-corrected chi connectivity index (χ4v) is 0.885. The Kier molecular flexibility index (Phi) is 3.57. The summed E-state index contributed by atoms with van der Waals surface area (Å²) in [5.74, 6) is -1.85. The topological polar surface area (TPSA) is 26.3 Å². The van der Waals surface area contributed by atoms with E-state index in [0.717, 1.165) is 14.0 Å². The van der Waals surface area contributed by atoms with Crippen LogP contribution in [0.2, 0.25) is 0 Å². The molecule has 0 saturated heterocycles. The van der Waals surface area contributed by atoms with E-state index >= 15 is 0 Å². The average Bonchev–Trinajstić information content (AvgIpc) is 2.01. The Morgan fingerprint density at radius 2 is 2.09 bits per heavy atom. The Morgan fingerprint density at radius 3 is 2.36 bits per heavy atom. The SMILES string of the molecule is C/C=S(/F)C(F)(F)C(=O)OC. The third kappa shape index (κ3) is 2.21. The van der Waals surface area contributed by atoms with Gasteiger partial charge in [0, 0.05) is 0 Å². The van der Waals surface area contributed by atoms with Crippen LogP contribution in [0.1, 0.15) is 6.92 Å². The second-order valence-electron chi connectivity index (χ2n) is 1.53. The van der Waals surface area contributed by atoms with Gasteiger partial charge in [-0.05, 0) is 12.3 Å². The third-order valence-corrected chi connectivity index (χ3v) is 1.95. The highest BCUT2D eigenvalue weighted by atomic mass is 32.2. The lowest BCUT2D eigenvalue weighted by Gasteiger charge is -2.10. The van der Waals surface area contributed by atoms with Gasteiger partial charge in [-0.1, -0.05) is 0 Å². The number of carbonyl (C=O) groups excluding carboxylic acids is 1. The van der Waals surface area contributed by atoms with Crippen LogP contribution in [0.25, 0.3) is 0 Å². The van der Waals surface area contributed by atoms with Gasteiger partial charge >= 0.3 is 11.2 Å². The van der Waals surface area contributed by atoms with E-state index in [1.54, 1.807) is 0 Å². The van der Waals surface area contributed by atoms with Gasteiger partial charge in [0.25, 0.3) is 0 Å². The molecule has 0 aliphatic rings. The van der Waals surface area contributed by atoms with Crippen LogP contribution < -0.4 is 0 Å². The molecule has 0 radical (unpaired) electrons. The molecule has 0 amide bonds. The molecule has 0 saturated carbocycles. The number of hydrogen-bond acceptors (Lipinski definition) is 2. The van der Waals surface area contributed by atoms with Crippen LogP contribution >= 0.6 is 10.9 Å². The quantitative estimate of drug-likeness (QED) is 0.487. The Balaban J connectivity index is 4.58. The highest BCUT2D eigenvalue weighted by Gasteiger charge is 2.44. The van der Waals surface area contributed by atoms with Crippen LogP contribution in [0.15, 0.2) is 0 Å². The third-order valence-electron chi connectivity index (χ3n) is 0.875. The normalized spacial score (nSPS) is 14.6. The molecule has 0 aliphatic heterocycles. The molecule has 0 aromatic heterocycles. The van der Waals surface area contributed by atoms with Crippen molar-refractivity contribution in [3.63, 3.8) is 0 Å². The standard InChI is InChI=1S/C5H7F3O2S/c1-3-11(8)5(6,7)4(9)10-2/h3H,1-2H3. The van der Waals surface area contributed by atoms with E-state index in [0.29, 0.717) is 5.37 Å². The van der Waals surface area contributed by atoms with Crippen molar-refractivity contribution in [2.24, 2.45) is 0 Å². The van der Waals surface area contributed by atoms with Gasteiger partial charge in [-0.2, -0.15) is 12.7 Å². The largest absolute Gasteiger partial charge is 0.464 e. The van der Waals surface area contributed by atoms with Crippen LogP contribution in [-0.2, 0) is 9.53 Å². The van der Waals surface area contributed by atoms with Crippen LogP contribution in [0, 0.1) is 0 Å². The van der Waals surface area contributed by atoms with Crippen LogP contribution in [-0.4, -0.2) is 23.7 Å². The van der Waals surface area contributed by atoms with Crippen molar-refractivity contribution in [1.29, 1.82) is 0 Å². The first-order valence-electron chi connectivity index (χ1n) is 2.62. The summed E-state index contributed by atoms with van der Waals surface area (Å²) in [5.41, 5.74) is 0. The number of hydrogen-bond donors (Lipinski definition) is 0. The minimum atomic E-state index is -4.04. The predicted molar refractivity (Wildman–Crippen MR) is 37.4 cm³/mol. The van der Waals surface area contributed by atoms with E-state index in [9.17, 15) is 17.5 Å². The number of ether oxygens (including phenoxy) is 1. The molecule has 0 N–H and O–H groups in total. The fraction of sp³-hybridized carbons (Fsp3) is 0.600. The summed E-state index contributed by atoms with van der Waals surface area (Å²) in [4.78, 5) is 10.2. The van der Waals surface area contributed by atoms with Crippen LogP contribution in [0.5, 0.6) is 0 Å². The first-order valence-corrected chi connectivity index (χ1v) is 3.80. The zero-order valence-electron chi connectivity index (χ0n) is 5.94. The van der Waals surface area contributed by atoms with Crippen molar-refractivity contribution in [1.82, 2.24) is 0 Å². The van der Waals surface area contributed by atoms with Gasteiger partial charge in [0.2, 0.25) is 0 Å². The van der Waals surface area contributed by atoms with Gasteiger partial charge in [-0.15, -0.1) is 0 Å². The molecule has 0 aromatic carbocycles. The zero-order chi connectivity index (χ0) is 9.07. The second kappa shape index (κ2) is 3.75. The average molecular weight is 188 g/mol. The minimum Gasteiger partial charge on any atom is -0.464 e. The molecule has 0 spiro atoms. The summed E-state index contributed by atoms with van der Waals surface area (Å²) in [6, 6.07) is 0. The maximum atomic E-state index is 12.3. The van der Waals surface area contributed by atoms with Crippen molar-refractivity contribution in [2.45, 2.75) is 12.2 Å². The van der Waals surface area contributed by atoms with E-state index in [-0.39, 0.29) is 0 Å². The molecule has 2 nitrogen and oxygen atoms in total. The molecule has 0 aromatic rings. The van der Waals surface area contributed by atoms with E-state index in [4.69, 9.17) is 0 Å². The smallest absolute Gasteiger partial charge is 0.410 e. The highest BCUT2D eigenvalue weighted by Crippen LogP contribution is 2.37. The van der Waals surface area contributed by atoms with Crippen LogP contribution in [0.3, 0.4) is 0 Å². The van der Waals surface area contributed by atoms with Crippen molar-refractivity contribution >= 4 is 22.2 Å².